The Morgan fingerprint density at radius 1 is 1.07 bits per heavy atom. The van der Waals surface area contributed by atoms with Gasteiger partial charge in [0.15, 0.2) is 0 Å². The first-order chi connectivity index (χ1) is 13.1. The van der Waals surface area contributed by atoms with Gasteiger partial charge in [0.1, 0.15) is 11.6 Å². The van der Waals surface area contributed by atoms with E-state index < -0.39 is 10.0 Å². The number of hydrogen-bond acceptors (Lipinski definition) is 4. The molecule has 1 fully saturated rings. The van der Waals surface area contributed by atoms with Gasteiger partial charge < -0.3 is 9.30 Å². The summed E-state index contributed by atoms with van der Waals surface area (Å²) >= 11 is 0. The number of nitrogens with zero attached hydrogens (tertiary/aromatic N) is 3. The van der Waals surface area contributed by atoms with Crippen LogP contribution < -0.4 is 4.74 Å². The van der Waals surface area contributed by atoms with E-state index in [1.165, 1.54) is 12.7 Å². The normalized spacial score (nSPS) is 21.4. The van der Waals surface area contributed by atoms with Crippen LogP contribution in [0.5, 0.6) is 5.75 Å². The van der Waals surface area contributed by atoms with Gasteiger partial charge in [-0.15, -0.1) is 0 Å². The van der Waals surface area contributed by atoms with Crippen LogP contribution in [-0.4, -0.2) is 42.5 Å². The molecular weight excluding hydrogens is 362 g/mol. The molecule has 2 atom stereocenters. The number of methoxy groups -OCH3 is 1. The Balaban J connectivity index is 1.56. The third-order valence-electron chi connectivity index (χ3n) is 5.56. The average molecular weight is 381 g/mol. The molecule has 0 spiro atoms. The molecule has 0 bridgehead atoms. The maximum atomic E-state index is 13.3. The SMILES string of the molecule is COc1cccc(S(=O)(=O)N2C[C@@H]3c4nccn4-c4ccccc4[C@@H]3C2)c1. The molecule has 2 aliphatic rings. The number of benzene rings is 2. The largest absolute Gasteiger partial charge is 0.497 e. The van der Waals surface area contributed by atoms with E-state index in [4.69, 9.17) is 4.74 Å². The minimum atomic E-state index is -3.60. The van der Waals surface area contributed by atoms with Crippen LogP contribution >= 0.6 is 0 Å². The minimum absolute atomic E-state index is 0.0512. The zero-order valence-corrected chi connectivity index (χ0v) is 15.6. The lowest BCUT2D eigenvalue weighted by atomic mass is 9.84. The molecule has 138 valence electrons. The van der Waals surface area contributed by atoms with Crippen molar-refractivity contribution in [2.45, 2.75) is 16.7 Å². The molecule has 0 radical (unpaired) electrons. The highest BCUT2D eigenvalue weighted by molar-refractivity contribution is 7.89. The number of ether oxygens (including phenoxy) is 1. The van der Waals surface area contributed by atoms with Gasteiger partial charge in [-0.1, -0.05) is 24.3 Å². The van der Waals surface area contributed by atoms with Gasteiger partial charge in [-0.3, -0.25) is 0 Å². The van der Waals surface area contributed by atoms with Gasteiger partial charge >= 0.3 is 0 Å². The number of imidazole rings is 1. The Labute approximate surface area is 158 Å². The Kier molecular flexibility index (Phi) is 3.63. The van der Waals surface area contributed by atoms with Crippen molar-refractivity contribution in [1.82, 2.24) is 13.9 Å². The van der Waals surface area contributed by atoms with Crippen molar-refractivity contribution < 1.29 is 13.2 Å². The quantitative estimate of drug-likeness (QED) is 0.700. The monoisotopic (exact) mass is 381 g/mol. The van der Waals surface area contributed by atoms with Crippen molar-refractivity contribution in [3.05, 3.63) is 72.3 Å². The molecule has 5 rings (SSSR count). The molecule has 3 heterocycles. The van der Waals surface area contributed by atoms with Gasteiger partial charge in [0.05, 0.1) is 17.7 Å². The fourth-order valence-electron chi connectivity index (χ4n) is 4.26. The Bertz CT molecular complexity index is 1120. The van der Waals surface area contributed by atoms with E-state index in [-0.39, 0.29) is 16.7 Å². The van der Waals surface area contributed by atoms with Gasteiger partial charge in [-0.05, 0) is 23.8 Å². The van der Waals surface area contributed by atoms with Crippen LogP contribution in [0.3, 0.4) is 0 Å². The minimum Gasteiger partial charge on any atom is -0.497 e. The molecule has 0 aliphatic carbocycles. The first-order valence-corrected chi connectivity index (χ1v) is 10.3. The van der Waals surface area contributed by atoms with Gasteiger partial charge in [0, 0.05) is 43.4 Å². The van der Waals surface area contributed by atoms with E-state index in [0.717, 1.165) is 11.5 Å². The number of para-hydroxylation sites is 1. The van der Waals surface area contributed by atoms with Gasteiger partial charge in [0.2, 0.25) is 10.0 Å². The summed E-state index contributed by atoms with van der Waals surface area (Å²) < 4.78 is 35.4. The lowest BCUT2D eigenvalue weighted by Crippen LogP contribution is -2.29. The van der Waals surface area contributed by atoms with Crippen molar-refractivity contribution in [3.8, 4) is 11.4 Å². The molecule has 1 saturated heterocycles. The predicted molar refractivity (Wildman–Crippen MR) is 101 cm³/mol. The highest BCUT2D eigenvalue weighted by atomic mass is 32.2. The molecule has 6 nitrogen and oxygen atoms in total. The number of hydrogen-bond donors (Lipinski definition) is 0. The predicted octanol–water partition coefficient (Wildman–Crippen LogP) is 2.77. The molecule has 2 aliphatic heterocycles. The first-order valence-electron chi connectivity index (χ1n) is 8.86. The van der Waals surface area contributed by atoms with Gasteiger partial charge in [0.25, 0.3) is 0 Å². The topological polar surface area (TPSA) is 64.4 Å². The van der Waals surface area contributed by atoms with Crippen LogP contribution in [-0.2, 0) is 10.0 Å². The smallest absolute Gasteiger partial charge is 0.243 e. The van der Waals surface area contributed by atoms with E-state index >= 15 is 0 Å². The van der Waals surface area contributed by atoms with Crippen LogP contribution in [0.4, 0.5) is 0 Å². The van der Waals surface area contributed by atoms with Crippen molar-refractivity contribution in [2.24, 2.45) is 0 Å². The molecule has 0 saturated carbocycles. The second kappa shape index (κ2) is 5.94. The first kappa shape index (κ1) is 16.5. The lowest BCUT2D eigenvalue weighted by Gasteiger charge is -2.28. The van der Waals surface area contributed by atoms with Gasteiger partial charge in [-0.2, -0.15) is 4.31 Å². The van der Waals surface area contributed by atoms with Crippen LogP contribution in [0.15, 0.2) is 65.8 Å². The summed E-state index contributed by atoms with van der Waals surface area (Å²) in [7, 11) is -2.07. The van der Waals surface area contributed by atoms with E-state index in [1.54, 1.807) is 34.8 Å². The third-order valence-corrected chi connectivity index (χ3v) is 7.39. The zero-order valence-electron chi connectivity index (χ0n) is 14.8. The highest BCUT2D eigenvalue weighted by Gasteiger charge is 2.45. The molecule has 0 N–H and O–H groups in total. The summed E-state index contributed by atoms with van der Waals surface area (Å²) in [6.07, 6.45) is 3.73. The molecule has 7 heteroatoms. The van der Waals surface area contributed by atoms with E-state index in [2.05, 4.69) is 21.7 Å². The third kappa shape index (κ3) is 2.42. The standard InChI is InChI=1S/C20H19N3O3S/c1-26-14-5-4-6-15(11-14)27(24,25)22-12-17-16-7-2-3-8-19(16)23-10-9-21-20(23)18(17)13-22/h2-11,17-18H,12-13H2,1H3/t17-,18-/m0/s1. The fourth-order valence-corrected chi connectivity index (χ4v) is 5.79. The molecule has 1 aromatic heterocycles. The molecule has 0 unspecified atom stereocenters. The summed E-state index contributed by atoms with van der Waals surface area (Å²) in [5.74, 6) is 1.63. The summed E-state index contributed by atoms with van der Waals surface area (Å²) in [5.41, 5.74) is 2.27. The maximum absolute atomic E-state index is 13.3. The van der Waals surface area contributed by atoms with Crippen molar-refractivity contribution in [1.29, 1.82) is 0 Å². The van der Waals surface area contributed by atoms with Crippen molar-refractivity contribution in [3.63, 3.8) is 0 Å². The second-order valence-corrected chi connectivity index (χ2v) is 8.87. The van der Waals surface area contributed by atoms with Crippen LogP contribution in [0.2, 0.25) is 0 Å². The summed E-state index contributed by atoms with van der Waals surface area (Å²) in [6.45, 7) is 0.879. The van der Waals surface area contributed by atoms with Crippen molar-refractivity contribution in [2.75, 3.05) is 20.2 Å². The van der Waals surface area contributed by atoms with E-state index in [9.17, 15) is 8.42 Å². The fraction of sp³-hybridized carbons (Fsp3) is 0.250. The average Bonchev–Trinajstić information content (AvgIpc) is 3.35. The summed E-state index contributed by atoms with van der Waals surface area (Å²) in [5, 5.41) is 0. The lowest BCUT2D eigenvalue weighted by molar-refractivity contribution is 0.412. The summed E-state index contributed by atoms with van der Waals surface area (Å²) in [4.78, 5) is 4.80. The molecule has 0 amide bonds. The number of fused-ring (bicyclic) bond motifs is 6. The number of sulfonamides is 1. The number of aromatic nitrogens is 2. The molecule has 3 aromatic rings. The second-order valence-electron chi connectivity index (χ2n) is 6.93. The Morgan fingerprint density at radius 3 is 2.74 bits per heavy atom. The molecular formula is C20H19N3O3S. The number of rotatable bonds is 3. The van der Waals surface area contributed by atoms with E-state index in [0.29, 0.717) is 18.8 Å². The Morgan fingerprint density at radius 2 is 1.89 bits per heavy atom. The van der Waals surface area contributed by atoms with Crippen molar-refractivity contribution >= 4 is 10.0 Å². The van der Waals surface area contributed by atoms with Crippen LogP contribution in [0, 0.1) is 0 Å². The van der Waals surface area contributed by atoms with E-state index in [1.807, 2.05) is 18.3 Å². The maximum Gasteiger partial charge on any atom is 0.243 e. The zero-order chi connectivity index (χ0) is 18.6. The molecule has 27 heavy (non-hydrogen) atoms. The van der Waals surface area contributed by atoms with Gasteiger partial charge in [-0.25, -0.2) is 13.4 Å². The highest BCUT2D eigenvalue weighted by Crippen LogP contribution is 2.46. The Hall–Kier alpha value is -2.64. The van der Waals surface area contributed by atoms with Crippen LogP contribution in [0.25, 0.3) is 5.69 Å². The van der Waals surface area contributed by atoms with Crippen LogP contribution in [0.1, 0.15) is 23.2 Å². The molecule has 2 aromatic carbocycles. The summed E-state index contributed by atoms with van der Waals surface area (Å²) in [6, 6.07) is 14.8.